The number of aryl methyl sites for hydroxylation is 1. The third-order valence-electron chi connectivity index (χ3n) is 4.58. The molecule has 1 aromatic heterocycles. The predicted octanol–water partition coefficient (Wildman–Crippen LogP) is 3.98. The quantitative estimate of drug-likeness (QED) is 0.358. The van der Waals surface area contributed by atoms with Crippen molar-refractivity contribution in [2.24, 2.45) is 7.05 Å². The zero-order valence-corrected chi connectivity index (χ0v) is 14.6. The number of nitrogens with one attached hydrogen (secondary N) is 1. The van der Waals surface area contributed by atoms with Crippen molar-refractivity contribution in [2.45, 2.75) is 38.6 Å². The Hall–Kier alpha value is -2.47. The minimum atomic E-state index is -0.384. The molecule has 0 saturated heterocycles. The van der Waals surface area contributed by atoms with Crippen LogP contribution in [0.5, 0.6) is 0 Å². The van der Waals surface area contributed by atoms with Crippen molar-refractivity contribution in [3.8, 4) is 11.3 Å². The SMILES string of the molecule is Cn1cc(CNCCC2=CCCCC2)c(-c2ccc([N+](=O)[O-])cc2)n1. The first kappa shape index (κ1) is 17.4. The molecule has 2 aromatic rings. The van der Waals surface area contributed by atoms with Crippen LogP contribution in [0.2, 0.25) is 0 Å². The molecule has 1 aliphatic rings. The van der Waals surface area contributed by atoms with Crippen LogP contribution in [0.15, 0.2) is 42.1 Å². The topological polar surface area (TPSA) is 73.0 Å². The zero-order chi connectivity index (χ0) is 17.6. The van der Waals surface area contributed by atoms with Crippen LogP contribution in [0.1, 0.15) is 37.7 Å². The predicted molar refractivity (Wildman–Crippen MR) is 98.2 cm³/mol. The molecule has 1 N–H and O–H groups in total. The molecule has 6 nitrogen and oxygen atoms in total. The molecule has 0 saturated carbocycles. The second kappa shape index (κ2) is 8.07. The third-order valence-corrected chi connectivity index (χ3v) is 4.58. The Morgan fingerprint density at radius 1 is 1.28 bits per heavy atom. The van der Waals surface area contributed by atoms with E-state index in [2.05, 4.69) is 16.5 Å². The van der Waals surface area contributed by atoms with E-state index in [1.807, 2.05) is 13.2 Å². The van der Waals surface area contributed by atoms with E-state index in [0.29, 0.717) is 0 Å². The van der Waals surface area contributed by atoms with Gasteiger partial charge in [-0.15, -0.1) is 0 Å². The van der Waals surface area contributed by atoms with Crippen molar-refractivity contribution >= 4 is 5.69 Å². The van der Waals surface area contributed by atoms with Gasteiger partial charge in [0.1, 0.15) is 0 Å². The summed E-state index contributed by atoms with van der Waals surface area (Å²) in [6.07, 6.45) is 10.6. The smallest absolute Gasteiger partial charge is 0.269 e. The number of allylic oxidation sites excluding steroid dienone is 1. The maximum Gasteiger partial charge on any atom is 0.269 e. The van der Waals surface area contributed by atoms with Gasteiger partial charge in [-0.2, -0.15) is 5.10 Å². The van der Waals surface area contributed by atoms with Gasteiger partial charge < -0.3 is 5.32 Å². The van der Waals surface area contributed by atoms with Gasteiger partial charge in [-0.3, -0.25) is 14.8 Å². The number of nitrogens with zero attached hydrogens (tertiary/aromatic N) is 3. The summed E-state index contributed by atoms with van der Waals surface area (Å²) in [6.45, 7) is 1.70. The Labute approximate surface area is 147 Å². The molecule has 1 heterocycles. The number of aromatic nitrogens is 2. The molecule has 3 rings (SSSR count). The lowest BCUT2D eigenvalue weighted by Gasteiger charge is -2.12. The summed E-state index contributed by atoms with van der Waals surface area (Å²) in [5.41, 5.74) is 4.55. The fourth-order valence-corrected chi connectivity index (χ4v) is 3.25. The number of benzene rings is 1. The van der Waals surface area contributed by atoms with Crippen LogP contribution in [0.3, 0.4) is 0 Å². The highest BCUT2D eigenvalue weighted by Gasteiger charge is 2.12. The van der Waals surface area contributed by atoms with E-state index in [4.69, 9.17) is 0 Å². The summed E-state index contributed by atoms with van der Waals surface area (Å²) in [4.78, 5) is 10.4. The summed E-state index contributed by atoms with van der Waals surface area (Å²) in [6, 6.07) is 6.57. The Morgan fingerprint density at radius 3 is 2.76 bits per heavy atom. The lowest BCUT2D eigenvalue weighted by Crippen LogP contribution is -2.15. The van der Waals surface area contributed by atoms with E-state index >= 15 is 0 Å². The van der Waals surface area contributed by atoms with Crippen LogP contribution in [0, 0.1) is 10.1 Å². The van der Waals surface area contributed by atoms with Crippen LogP contribution in [-0.2, 0) is 13.6 Å². The van der Waals surface area contributed by atoms with Gasteiger partial charge in [0.05, 0.1) is 10.6 Å². The summed E-state index contributed by atoms with van der Waals surface area (Å²) in [5.74, 6) is 0. The van der Waals surface area contributed by atoms with Crippen molar-refractivity contribution in [2.75, 3.05) is 6.54 Å². The maximum absolute atomic E-state index is 10.8. The van der Waals surface area contributed by atoms with Gasteiger partial charge in [0.2, 0.25) is 0 Å². The monoisotopic (exact) mass is 340 g/mol. The van der Waals surface area contributed by atoms with E-state index in [1.165, 1.54) is 37.8 Å². The summed E-state index contributed by atoms with van der Waals surface area (Å²) < 4.78 is 1.79. The van der Waals surface area contributed by atoms with Crippen LogP contribution >= 0.6 is 0 Å². The van der Waals surface area contributed by atoms with Crippen molar-refractivity contribution in [3.05, 3.63) is 57.8 Å². The fraction of sp³-hybridized carbons (Fsp3) is 0.421. The zero-order valence-electron chi connectivity index (χ0n) is 14.6. The second-order valence-electron chi connectivity index (χ2n) is 6.52. The molecule has 132 valence electrons. The van der Waals surface area contributed by atoms with Crippen LogP contribution in [0.4, 0.5) is 5.69 Å². The maximum atomic E-state index is 10.8. The molecule has 0 atom stereocenters. The molecule has 1 aromatic carbocycles. The first-order valence-electron chi connectivity index (χ1n) is 8.79. The molecule has 6 heteroatoms. The molecule has 0 fully saturated rings. The van der Waals surface area contributed by atoms with Crippen molar-refractivity contribution < 1.29 is 4.92 Å². The van der Waals surface area contributed by atoms with Gasteiger partial charge in [0, 0.05) is 43.0 Å². The lowest BCUT2D eigenvalue weighted by atomic mass is 9.97. The average Bonchev–Trinajstić information content (AvgIpc) is 3.00. The van der Waals surface area contributed by atoms with Crippen LogP contribution in [0.25, 0.3) is 11.3 Å². The Bertz CT molecular complexity index is 762. The minimum absolute atomic E-state index is 0.0973. The van der Waals surface area contributed by atoms with E-state index in [1.54, 1.807) is 22.4 Å². The standard InChI is InChI=1S/C19H24N4O2/c1-22-14-17(13-20-12-11-15-5-3-2-4-6-15)19(21-22)16-7-9-18(10-8-16)23(24)25/h5,7-10,14,20H,2-4,6,11-13H2,1H3. The highest BCUT2D eigenvalue weighted by atomic mass is 16.6. The summed E-state index contributed by atoms with van der Waals surface area (Å²) in [5, 5.41) is 18.8. The highest BCUT2D eigenvalue weighted by molar-refractivity contribution is 5.64. The van der Waals surface area contributed by atoms with Crippen molar-refractivity contribution in [3.63, 3.8) is 0 Å². The molecule has 0 spiro atoms. The molecule has 0 radical (unpaired) electrons. The third kappa shape index (κ3) is 4.54. The number of nitro benzene ring substituents is 1. The summed E-state index contributed by atoms with van der Waals surface area (Å²) in [7, 11) is 1.89. The van der Waals surface area contributed by atoms with Crippen LogP contribution in [-0.4, -0.2) is 21.2 Å². The molecule has 0 aliphatic heterocycles. The number of rotatable bonds is 7. The molecular weight excluding hydrogens is 316 g/mol. The van der Waals surface area contributed by atoms with Gasteiger partial charge in [-0.25, -0.2) is 0 Å². The normalized spacial score (nSPS) is 14.4. The van der Waals surface area contributed by atoms with E-state index in [-0.39, 0.29) is 10.6 Å². The molecule has 1 aliphatic carbocycles. The second-order valence-corrected chi connectivity index (χ2v) is 6.52. The van der Waals surface area contributed by atoms with Gasteiger partial charge in [-0.1, -0.05) is 11.6 Å². The van der Waals surface area contributed by atoms with Gasteiger partial charge >= 0.3 is 0 Å². The largest absolute Gasteiger partial charge is 0.312 e. The van der Waals surface area contributed by atoms with Gasteiger partial charge in [0.25, 0.3) is 5.69 Å². The number of non-ortho nitro benzene ring substituents is 1. The fourth-order valence-electron chi connectivity index (χ4n) is 3.25. The number of hydrogen-bond acceptors (Lipinski definition) is 4. The first-order valence-corrected chi connectivity index (χ1v) is 8.79. The van der Waals surface area contributed by atoms with Gasteiger partial charge in [0.15, 0.2) is 0 Å². The molecule has 25 heavy (non-hydrogen) atoms. The molecule has 0 amide bonds. The number of hydrogen-bond donors (Lipinski definition) is 1. The van der Waals surface area contributed by atoms with Crippen molar-refractivity contribution in [1.29, 1.82) is 0 Å². The highest BCUT2D eigenvalue weighted by Crippen LogP contribution is 2.24. The van der Waals surface area contributed by atoms with E-state index < -0.39 is 0 Å². The Kier molecular flexibility index (Phi) is 5.60. The minimum Gasteiger partial charge on any atom is -0.312 e. The Morgan fingerprint density at radius 2 is 2.08 bits per heavy atom. The molecular formula is C19H24N4O2. The van der Waals surface area contributed by atoms with Gasteiger partial charge in [-0.05, 0) is 50.8 Å². The van der Waals surface area contributed by atoms with Crippen LogP contribution < -0.4 is 5.32 Å². The average molecular weight is 340 g/mol. The lowest BCUT2D eigenvalue weighted by molar-refractivity contribution is -0.384. The summed E-state index contributed by atoms with van der Waals surface area (Å²) >= 11 is 0. The number of nitro groups is 1. The molecule has 0 unspecified atom stereocenters. The van der Waals surface area contributed by atoms with E-state index in [0.717, 1.165) is 36.3 Å². The van der Waals surface area contributed by atoms with E-state index in [9.17, 15) is 10.1 Å². The molecule has 0 bridgehead atoms. The Balaban J connectivity index is 1.62. The first-order chi connectivity index (χ1) is 12.1. The van der Waals surface area contributed by atoms with Crippen molar-refractivity contribution in [1.82, 2.24) is 15.1 Å².